The van der Waals surface area contributed by atoms with Gasteiger partial charge in [0.25, 0.3) is 5.69 Å². The minimum absolute atomic E-state index is 0.279. The molecule has 1 N–H and O–H groups in total. The lowest BCUT2D eigenvalue weighted by atomic mass is 10.1. The summed E-state index contributed by atoms with van der Waals surface area (Å²) >= 11 is 3.12. The lowest BCUT2D eigenvalue weighted by Crippen LogP contribution is -2.40. The Morgan fingerprint density at radius 2 is 2.20 bits per heavy atom. The van der Waals surface area contributed by atoms with E-state index in [-0.39, 0.29) is 17.5 Å². The average Bonchev–Trinajstić information content (AvgIpc) is 2.39. The molecule has 0 amide bonds. The van der Waals surface area contributed by atoms with E-state index in [2.05, 4.69) is 20.7 Å². The second-order valence-electron chi connectivity index (χ2n) is 4.40. The van der Waals surface area contributed by atoms with Gasteiger partial charge in [-0.2, -0.15) is 0 Å². The Morgan fingerprint density at radius 3 is 2.80 bits per heavy atom. The Bertz CT molecular complexity index is 613. The molecule has 0 aliphatic carbocycles. The van der Waals surface area contributed by atoms with Crippen molar-refractivity contribution in [1.29, 1.82) is 0 Å². The van der Waals surface area contributed by atoms with Crippen LogP contribution >= 0.6 is 15.9 Å². The lowest BCUT2D eigenvalue weighted by Gasteiger charge is -2.22. The van der Waals surface area contributed by atoms with Gasteiger partial charge in [-0.3, -0.25) is 10.1 Å². The van der Waals surface area contributed by atoms with E-state index in [4.69, 9.17) is 4.74 Å². The Labute approximate surface area is 124 Å². The van der Waals surface area contributed by atoms with Gasteiger partial charge in [-0.25, -0.2) is 13.1 Å². The van der Waals surface area contributed by atoms with Gasteiger partial charge in [-0.05, 0) is 25.0 Å². The number of rotatable bonds is 4. The topological polar surface area (TPSA) is 98.5 Å². The Morgan fingerprint density at radius 1 is 1.45 bits per heavy atom. The molecular formula is C11H13BrN2O5S. The zero-order valence-electron chi connectivity index (χ0n) is 10.4. The van der Waals surface area contributed by atoms with Crippen LogP contribution in [0, 0.1) is 10.1 Å². The molecule has 0 bridgehead atoms. The molecule has 110 valence electrons. The SMILES string of the molecule is O=[N+]([O-])c1ccc(Br)cc1S(=O)(=O)NC1CCCOC1. The molecule has 1 aromatic rings. The molecule has 0 radical (unpaired) electrons. The Hall–Kier alpha value is -1.03. The van der Waals surface area contributed by atoms with Crippen LogP contribution in [-0.4, -0.2) is 32.6 Å². The molecule has 1 heterocycles. The van der Waals surface area contributed by atoms with Crippen LogP contribution in [0.3, 0.4) is 0 Å². The third-order valence-electron chi connectivity index (χ3n) is 2.89. The largest absolute Gasteiger partial charge is 0.380 e. The number of hydrogen-bond donors (Lipinski definition) is 1. The van der Waals surface area contributed by atoms with Gasteiger partial charge < -0.3 is 4.74 Å². The fraction of sp³-hybridized carbons (Fsp3) is 0.455. The maximum atomic E-state index is 12.3. The highest BCUT2D eigenvalue weighted by molar-refractivity contribution is 9.10. The van der Waals surface area contributed by atoms with Crippen LogP contribution in [0.15, 0.2) is 27.6 Å². The van der Waals surface area contributed by atoms with Gasteiger partial charge in [0.05, 0.1) is 11.5 Å². The van der Waals surface area contributed by atoms with Crippen LogP contribution < -0.4 is 4.72 Å². The van der Waals surface area contributed by atoms with Crippen LogP contribution in [0.5, 0.6) is 0 Å². The van der Waals surface area contributed by atoms with Gasteiger partial charge in [-0.15, -0.1) is 0 Å². The van der Waals surface area contributed by atoms with Crippen LogP contribution in [0.4, 0.5) is 5.69 Å². The Kier molecular flexibility index (Phi) is 4.74. The third-order valence-corrected chi connectivity index (χ3v) is 4.93. The number of ether oxygens (including phenoxy) is 1. The summed E-state index contributed by atoms with van der Waals surface area (Å²) < 4.78 is 32.7. The van der Waals surface area contributed by atoms with Crippen molar-refractivity contribution >= 4 is 31.6 Å². The molecule has 7 nitrogen and oxygen atoms in total. The highest BCUT2D eigenvalue weighted by Gasteiger charge is 2.29. The molecule has 1 unspecified atom stereocenters. The van der Waals surface area contributed by atoms with Crippen molar-refractivity contribution in [3.05, 3.63) is 32.8 Å². The van der Waals surface area contributed by atoms with E-state index in [1.807, 2.05) is 0 Å². The second-order valence-corrected chi connectivity index (χ2v) is 7.00. The quantitative estimate of drug-likeness (QED) is 0.648. The number of sulfonamides is 1. The summed E-state index contributed by atoms with van der Waals surface area (Å²) in [7, 11) is -3.96. The average molecular weight is 365 g/mol. The number of halogens is 1. The van der Waals surface area contributed by atoms with E-state index < -0.39 is 20.6 Å². The van der Waals surface area contributed by atoms with E-state index in [0.29, 0.717) is 17.5 Å². The second kappa shape index (κ2) is 6.17. The zero-order chi connectivity index (χ0) is 14.8. The number of benzene rings is 1. The minimum Gasteiger partial charge on any atom is -0.380 e. The van der Waals surface area contributed by atoms with E-state index in [0.717, 1.165) is 12.5 Å². The Balaban J connectivity index is 2.32. The van der Waals surface area contributed by atoms with E-state index >= 15 is 0 Å². The molecule has 0 saturated carbocycles. The molecule has 0 aromatic heterocycles. The van der Waals surface area contributed by atoms with Crippen molar-refractivity contribution in [1.82, 2.24) is 4.72 Å². The molecule has 1 aromatic carbocycles. The summed E-state index contributed by atoms with van der Waals surface area (Å²) in [6.07, 6.45) is 1.41. The first-order valence-corrected chi connectivity index (χ1v) is 8.22. The molecule has 9 heteroatoms. The van der Waals surface area contributed by atoms with Gasteiger partial charge >= 0.3 is 0 Å². The fourth-order valence-corrected chi connectivity index (χ4v) is 3.93. The van der Waals surface area contributed by atoms with Gasteiger partial charge in [0, 0.05) is 23.2 Å². The summed E-state index contributed by atoms with van der Waals surface area (Å²) in [5, 5.41) is 10.9. The maximum Gasteiger partial charge on any atom is 0.289 e. The first kappa shape index (κ1) is 15.4. The highest BCUT2D eigenvalue weighted by Crippen LogP contribution is 2.27. The van der Waals surface area contributed by atoms with Crippen LogP contribution in [0.25, 0.3) is 0 Å². The molecule has 0 spiro atoms. The lowest BCUT2D eigenvalue weighted by molar-refractivity contribution is -0.387. The van der Waals surface area contributed by atoms with Crippen LogP contribution in [0.2, 0.25) is 0 Å². The predicted octanol–water partition coefficient (Wildman–Crippen LogP) is 1.81. The fourth-order valence-electron chi connectivity index (χ4n) is 1.97. The van der Waals surface area contributed by atoms with Gasteiger partial charge in [0.15, 0.2) is 4.90 Å². The molecular weight excluding hydrogens is 352 g/mol. The summed E-state index contributed by atoms with van der Waals surface area (Å²) in [5.74, 6) is 0. The van der Waals surface area contributed by atoms with Crippen molar-refractivity contribution in [2.75, 3.05) is 13.2 Å². The molecule has 1 aliphatic rings. The molecule has 1 saturated heterocycles. The molecule has 2 rings (SSSR count). The summed E-state index contributed by atoms with van der Waals surface area (Å²) in [5.41, 5.74) is -0.447. The van der Waals surface area contributed by atoms with Gasteiger partial charge in [0.2, 0.25) is 10.0 Å². The molecule has 1 aliphatic heterocycles. The van der Waals surface area contributed by atoms with Crippen molar-refractivity contribution in [3.8, 4) is 0 Å². The van der Waals surface area contributed by atoms with Crippen LogP contribution in [-0.2, 0) is 14.8 Å². The predicted molar refractivity (Wildman–Crippen MR) is 75.0 cm³/mol. The van der Waals surface area contributed by atoms with Crippen LogP contribution in [0.1, 0.15) is 12.8 Å². The van der Waals surface area contributed by atoms with Crippen molar-refractivity contribution < 1.29 is 18.1 Å². The summed E-state index contributed by atoms with van der Waals surface area (Å²) in [4.78, 5) is 9.89. The number of nitrogens with one attached hydrogen (secondary N) is 1. The van der Waals surface area contributed by atoms with E-state index in [1.54, 1.807) is 0 Å². The number of nitro groups is 1. The number of nitrogens with zero attached hydrogens (tertiary/aromatic N) is 1. The first-order chi connectivity index (χ1) is 9.40. The summed E-state index contributed by atoms with van der Waals surface area (Å²) in [6, 6.07) is 3.47. The van der Waals surface area contributed by atoms with E-state index in [9.17, 15) is 18.5 Å². The van der Waals surface area contributed by atoms with Crippen molar-refractivity contribution in [3.63, 3.8) is 0 Å². The molecule has 1 fully saturated rings. The smallest absolute Gasteiger partial charge is 0.289 e. The standard InChI is InChI=1S/C11H13BrN2O5S/c12-8-3-4-10(14(15)16)11(6-8)20(17,18)13-9-2-1-5-19-7-9/h3-4,6,9,13H,1-2,5,7H2. The highest BCUT2D eigenvalue weighted by atomic mass is 79.9. The maximum absolute atomic E-state index is 12.3. The van der Waals surface area contributed by atoms with Crippen molar-refractivity contribution in [2.24, 2.45) is 0 Å². The van der Waals surface area contributed by atoms with Crippen molar-refractivity contribution in [2.45, 2.75) is 23.8 Å². The number of hydrogen-bond acceptors (Lipinski definition) is 5. The zero-order valence-corrected chi connectivity index (χ0v) is 12.8. The monoisotopic (exact) mass is 364 g/mol. The minimum atomic E-state index is -3.96. The normalized spacial score (nSPS) is 19.8. The third kappa shape index (κ3) is 3.54. The molecule has 1 atom stereocenters. The van der Waals surface area contributed by atoms with Gasteiger partial charge in [-0.1, -0.05) is 15.9 Å². The summed E-state index contributed by atoms with van der Waals surface area (Å²) in [6.45, 7) is 0.885. The first-order valence-electron chi connectivity index (χ1n) is 5.94. The number of nitro benzene ring substituents is 1. The van der Waals surface area contributed by atoms with E-state index in [1.165, 1.54) is 12.1 Å². The molecule has 20 heavy (non-hydrogen) atoms. The van der Waals surface area contributed by atoms with Gasteiger partial charge in [0.1, 0.15) is 0 Å².